The number of hydrogen-bond donors (Lipinski definition) is 2. The highest BCUT2D eigenvalue weighted by Gasteiger charge is 2.24. The Bertz CT molecular complexity index is 1290. The van der Waals surface area contributed by atoms with Gasteiger partial charge in [0.2, 0.25) is 5.88 Å². The highest BCUT2D eigenvalue weighted by atomic mass is 35.5. The first-order valence-corrected chi connectivity index (χ1v) is 10.2. The van der Waals surface area contributed by atoms with E-state index in [1.807, 2.05) is 36.2 Å². The Morgan fingerprint density at radius 3 is 2.45 bits per heavy atom. The summed E-state index contributed by atoms with van der Waals surface area (Å²) in [6, 6.07) is 14.1. The van der Waals surface area contributed by atoms with Crippen molar-refractivity contribution in [2.24, 2.45) is 5.10 Å². The van der Waals surface area contributed by atoms with Crippen molar-refractivity contribution in [2.75, 3.05) is 12.1 Å². The number of hydrogen-bond acceptors (Lipinski definition) is 6. The molecule has 2 aromatic carbocycles. The number of methoxy groups -OCH3 is 1. The van der Waals surface area contributed by atoms with Crippen LogP contribution in [-0.4, -0.2) is 34.0 Å². The lowest BCUT2D eigenvalue weighted by molar-refractivity contribution is 0.415. The van der Waals surface area contributed by atoms with Crippen LogP contribution in [0.5, 0.6) is 11.6 Å². The summed E-state index contributed by atoms with van der Waals surface area (Å²) in [7, 11) is 1.61. The third-order valence-electron chi connectivity index (χ3n) is 5.03. The van der Waals surface area contributed by atoms with Gasteiger partial charge in [0.25, 0.3) is 5.56 Å². The van der Waals surface area contributed by atoms with Crippen molar-refractivity contribution in [2.45, 2.75) is 13.0 Å². The molecule has 0 bridgehead atoms. The largest absolute Gasteiger partial charge is 0.497 e. The van der Waals surface area contributed by atoms with Crippen molar-refractivity contribution >= 4 is 41.8 Å². The fraction of sp³-hybridized carbons (Fsp3) is 0.136. The Kier molecular flexibility index (Phi) is 5.67. The molecular formula is C22H19ClN4O3S. The number of aromatic hydroxyl groups is 1. The maximum absolute atomic E-state index is 12.6. The molecule has 158 valence electrons. The lowest BCUT2D eigenvalue weighted by Crippen LogP contribution is -2.24. The van der Waals surface area contributed by atoms with Crippen LogP contribution in [-0.2, 0) is 0 Å². The van der Waals surface area contributed by atoms with E-state index in [4.69, 9.17) is 28.6 Å². The molecule has 2 heterocycles. The van der Waals surface area contributed by atoms with E-state index in [-0.39, 0.29) is 22.3 Å². The van der Waals surface area contributed by atoms with Crippen LogP contribution in [0.25, 0.3) is 11.8 Å². The molecule has 1 aliphatic heterocycles. The molecule has 31 heavy (non-hydrogen) atoms. The van der Waals surface area contributed by atoms with Gasteiger partial charge in [0.15, 0.2) is 4.77 Å². The van der Waals surface area contributed by atoms with Gasteiger partial charge in [-0.05, 0) is 79.3 Å². The quantitative estimate of drug-likeness (QED) is 0.565. The van der Waals surface area contributed by atoms with E-state index < -0.39 is 5.56 Å². The highest BCUT2D eigenvalue weighted by molar-refractivity contribution is 7.71. The van der Waals surface area contributed by atoms with E-state index in [2.05, 4.69) is 10.1 Å². The predicted octanol–water partition coefficient (Wildman–Crippen LogP) is 4.54. The maximum atomic E-state index is 12.6. The minimum Gasteiger partial charge on any atom is -0.497 e. The molecule has 0 fully saturated rings. The molecule has 0 amide bonds. The zero-order chi connectivity index (χ0) is 22.1. The third kappa shape index (κ3) is 3.99. The molecule has 0 radical (unpaired) electrons. The molecule has 1 aliphatic rings. The van der Waals surface area contributed by atoms with Crippen LogP contribution in [0.1, 0.15) is 12.5 Å². The van der Waals surface area contributed by atoms with Gasteiger partial charge in [-0.1, -0.05) is 11.6 Å². The van der Waals surface area contributed by atoms with Crippen molar-refractivity contribution in [3.63, 3.8) is 0 Å². The summed E-state index contributed by atoms with van der Waals surface area (Å²) in [6.07, 6.45) is 3.29. The molecule has 0 saturated carbocycles. The second-order valence-corrected chi connectivity index (χ2v) is 7.74. The summed E-state index contributed by atoms with van der Waals surface area (Å²) in [5, 5.41) is 17.7. The molecule has 3 aromatic rings. The van der Waals surface area contributed by atoms with Crippen molar-refractivity contribution in [3.8, 4) is 17.3 Å². The SMILES string of the molecule is COc1ccc(N2N=CC(=Cc3c(O)n(-c4ccc(Cl)cc4)c(=S)[nH]c3=O)C2C)cc1. The average molecular weight is 455 g/mol. The fourth-order valence-corrected chi connectivity index (χ4v) is 3.74. The minimum atomic E-state index is -0.483. The number of ether oxygens (including phenoxy) is 1. The van der Waals surface area contributed by atoms with E-state index in [0.717, 1.165) is 17.0 Å². The lowest BCUT2D eigenvalue weighted by Gasteiger charge is -2.21. The van der Waals surface area contributed by atoms with Crippen LogP contribution < -0.4 is 15.3 Å². The van der Waals surface area contributed by atoms with Gasteiger partial charge >= 0.3 is 0 Å². The van der Waals surface area contributed by atoms with Crippen LogP contribution in [0.15, 0.2) is 64.0 Å². The van der Waals surface area contributed by atoms with Crippen LogP contribution >= 0.6 is 23.8 Å². The fourth-order valence-electron chi connectivity index (χ4n) is 3.33. The number of anilines is 1. The molecule has 0 aliphatic carbocycles. The molecule has 0 saturated heterocycles. The Hall–Kier alpha value is -3.36. The molecule has 9 heteroatoms. The van der Waals surface area contributed by atoms with Crippen LogP contribution in [0, 0.1) is 4.77 Å². The summed E-state index contributed by atoms with van der Waals surface area (Å²) in [4.78, 5) is 15.2. The minimum absolute atomic E-state index is 0.0833. The van der Waals surface area contributed by atoms with Crippen molar-refractivity contribution in [1.82, 2.24) is 9.55 Å². The smallest absolute Gasteiger partial charge is 0.262 e. The van der Waals surface area contributed by atoms with Crippen LogP contribution in [0.4, 0.5) is 5.69 Å². The van der Waals surface area contributed by atoms with Gasteiger partial charge in [-0.2, -0.15) is 5.10 Å². The second-order valence-electron chi connectivity index (χ2n) is 6.92. The van der Waals surface area contributed by atoms with E-state index in [1.165, 1.54) is 4.57 Å². The summed E-state index contributed by atoms with van der Waals surface area (Å²) in [6.45, 7) is 1.96. The summed E-state index contributed by atoms with van der Waals surface area (Å²) in [5.74, 6) is 0.495. The topological polar surface area (TPSA) is 82.8 Å². The van der Waals surface area contributed by atoms with E-state index in [0.29, 0.717) is 10.7 Å². The first-order valence-electron chi connectivity index (χ1n) is 9.42. The number of rotatable bonds is 4. The summed E-state index contributed by atoms with van der Waals surface area (Å²) >= 11 is 11.2. The molecule has 0 spiro atoms. The second kappa shape index (κ2) is 8.41. The number of hydrazone groups is 1. The highest BCUT2D eigenvalue weighted by Crippen LogP contribution is 2.29. The Morgan fingerprint density at radius 1 is 1.16 bits per heavy atom. The Balaban J connectivity index is 1.72. The maximum Gasteiger partial charge on any atom is 0.262 e. The van der Waals surface area contributed by atoms with Crippen LogP contribution in [0.2, 0.25) is 5.02 Å². The number of aromatic nitrogens is 2. The molecule has 1 atom stereocenters. The number of benzene rings is 2. The number of nitrogens with one attached hydrogen (secondary N) is 1. The monoisotopic (exact) mass is 454 g/mol. The van der Waals surface area contributed by atoms with Gasteiger partial charge in [-0.25, -0.2) is 0 Å². The molecule has 1 aromatic heterocycles. The number of aromatic amines is 1. The predicted molar refractivity (Wildman–Crippen MR) is 125 cm³/mol. The van der Waals surface area contributed by atoms with E-state index >= 15 is 0 Å². The first-order chi connectivity index (χ1) is 14.9. The summed E-state index contributed by atoms with van der Waals surface area (Å²) in [5.41, 5.74) is 1.83. The number of H-pyrrole nitrogens is 1. The van der Waals surface area contributed by atoms with Gasteiger partial charge in [-0.15, -0.1) is 0 Å². The van der Waals surface area contributed by atoms with E-state index in [1.54, 1.807) is 43.7 Å². The van der Waals surface area contributed by atoms with Crippen molar-refractivity contribution < 1.29 is 9.84 Å². The normalized spacial score (nSPS) is 16.8. The van der Waals surface area contributed by atoms with Gasteiger partial charge in [0.05, 0.1) is 30.7 Å². The molecular weight excluding hydrogens is 436 g/mol. The molecule has 1 unspecified atom stereocenters. The zero-order valence-corrected chi connectivity index (χ0v) is 18.3. The number of halogens is 1. The lowest BCUT2D eigenvalue weighted by atomic mass is 10.1. The third-order valence-corrected chi connectivity index (χ3v) is 5.57. The molecule has 2 N–H and O–H groups in total. The standard InChI is InChI=1S/C22H19ClN4O3S/c1-13-14(12-24-27(13)17-7-9-18(30-2)10-8-17)11-19-20(28)25-22(31)26(21(19)29)16-5-3-15(23)4-6-16/h3-13,29H,1-2H3,(H,25,28,31). The molecule has 7 nitrogen and oxygen atoms in total. The van der Waals surface area contributed by atoms with Crippen molar-refractivity contribution in [3.05, 3.63) is 79.8 Å². The van der Waals surface area contributed by atoms with Gasteiger partial charge in [0, 0.05) is 5.02 Å². The van der Waals surface area contributed by atoms with Gasteiger partial charge in [-0.3, -0.25) is 19.4 Å². The Morgan fingerprint density at radius 2 is 1.81 bits per heavy atom. The van der Waals surface area contributed by atoms with Gasteiger partial charge in [0.1, 0.15) is 11.3 Å². The zero-order valence-electron chi connectivity index (χ0n) is 16.7. The van der Waals surface area contributed by atoms with Crippen LogP contribution in [0.3, 0.4) is 0 Å². The summed E-state index contributed by atoms with van der Waals surface area (Å²) < 4.78 is 6.67. The Labute approximate surface area is 188 Å². The van der Waals surface area contributed by atoms with E-state index in [9.17, 15) is 9.90 Å². The average Bonchev–Trinajstić information content (AvgIpc) is 3.12. The van der Waals surface area contributed by atoms with Crippen molar-refractivity contribution in [1.29, 1.82) is 0 Å². The molecule has 4 rings (SSSR count). The van der Waals surface area contributed by atoms with Gasteiger partial charge < -0.3 is 9.84 Å². The number of nitrogens with zero attached hydrogens (tertiary/aromatic N) is 3. The first kappa shape index (κ1) is 20.9.